The Morgan fingerprint density at radius 2 is 1.54 bits per heavy atom. The van der Waals surface area contributed by atoms with Crippen LogP contribution in [0.15, 0.2) is 24.3 Å². The van der Waals surface area contributed by atoms with E-state index in [4.69, 9.17) is 0 Å². The minimum atomic E-state index is -0.144. The number of fused-ring (bicyclic) bond motifs is 1. The molecule has 0 spiro atoms. The van der Waals surface area contributed by atoms with E-state index in [1.165, 1.54) is 65.0 Å². The van der Waals surface area contributed by atoms with E-state index in [1.807, 2.05) is 0 Å². The molecule has 28 heavy (non-hydrogen) atoms. The quantitative estimate of drug-likeness (QED) is 0.488. The molecule has 3 rings (SSSR count). The molecule has 2 atom stereocenters. The molecule has 0 N–H and O–H groups in total. The number of rotatable bonds is 10. The lowest BCUT2D eigenvalue weighted by Gasteiger charge is -2.29. The van der Waals surface area contributed by atoms with Crippen molar-refractivity contribution in [3.63, 3.8) is 0 Å². The van der Waals surface area contributed by atoms with Crippen LogP contribution < -0.4 is 0 Å². The van der Waals surface area contributed by atoms with Crippen molar-refractivity contribution in [3.8, 4) is 0 Å². The van der Waals surface area contributed by atoms with Gasteiger partial charge in [0.1, 0.15) is 0 Å². The Morgan fingerprint density at radius 3 is 2.18 bits per heavy atom. The van der Waals surface area contributed by atoms with Crippen molar-refractivity contribution < 1.29 is 9.59 Å². The number of aryl methyl sites for hydroxylation is 1. The van der Waals surface area contributed by atoms with Gasteiger partial charge in [0, 0.05) is 12.2 Å². The molecule has 3 nitrogen and oxygen atoms in total. The second kappa shape index (κ2) is 9.54. The summed E-state index contributed by atoms with van der Waals surface area (Å²) >= 11 is 0. The minimum Gasteiger partial charge on any atom is -0.269 e. The molecular weight excluding hydrogens is 346 g/mol. The molecule has 0 aromatic heterocycles. The minimum absolute atomic E-state index is 0.0860. The smallest absolute Gasteiger partial charge is 0.254 e. The van der Waals surface area contributed by atoms with E-state index < -0.39 is 0 Å². The number of hydrogen-bond donors (Lipinski definition) is 0. The SMILES string of the molecule is CCCCc1ccc2c(c1CCCC)C[C@H](CCCC)[C@@H]2N1C(=O)C=CC1=O. The Kier molecular flexibility index (Phi) is 7.09. The van der Waals surface area contributed by atoms with Crippen LogP contribution in [0.4, 0.5) is 0 Å². The molecule has 1 aliphatic carbocycles. The molecule has 0 saturated heterocycles. The van der Waals surface area contributed by atoms with Crippen LogP contribution in [0.2, 0.25) is 0 Å². The molecule has 0 bridgehead atoms. The Bertz CT molecular complexity index is 731. The first-order valence-corrected chi connectivity index (χ1v) is 11.3. The largest absolute Gasteiger partial charge is 0.269 e. The van der Waals surface area contributed by atoms with Crippen LogP contribution in [0.25, 0.3) is 0 Å². The Labute approximate surface area is 170 Å². The molecule has 1 aromatic rings. The predicted molar refractivity (Wildman–Crippen MR) is 114 cm³/mol. The summed E-state index contributed by atoms with van der Waals surface area (Å²) in [4.78, 5) is 26.5. The summed E-state index contributed by atoms with van der Waals surface area (Å²) in [5.74, 6) is 0.0635. The van der Waals surface area contributed by atoms with Gasteiger partial charge in [0.25, 0.3) is 11.8 Å². The summed E-state index contributed by atoms with van der Waals surface area (Å²) in [6.07, 6.45) is 14.3. The van der Waals surface area contributed by atoms with Gasteiger partial charge >= 0.3 is 0 Å². The first kappa shape index (κ1) is 20.8. The summed E-state index contributed by atoms with van der Waals surface area (Å²) in [6.45, 7) is 6.70. The van der Waals surface area contributed by atoms with Gasteiger partial charge in [0.2, 0.25) is 0 Å². The molecule has 0 fully saturated rings. The van der Waals surface area contributed by atoms with E-state index >= 15 is 0 Å². The van der Waals surface area contributed by atoms with Crippen molar-refractivity contribution >= 4 is 11.8 Å². The second-order valence-corrected chi connectivity index (χ2v) is 8.41. The van der Waals surface area contributed by atoms with Crippen LogP contribution in [0.3, 0.4) is 0 Å². The van der Waals surface area contributed by atoms with E-state index in [9.17, 15) is 9.59 Å². The summed E-state index contributed by atoms with van der Waals surface area (Å²) in [5, 5.41) is 0. The van der Waals surface area contributed by atoms with Gasteiger partial charge in [-0.3, -0.25) is 14.5 Å². The number of carbonyl (C=O) groups is 2. The van der Waals surface area contributed by atoms with Gasteiger partial charge < -0.3 is 0 Å². The molecule has 0 unspecified atom stereocenters. The Balaban J connectivity index is 2.01. The average Bonchev–Trinajstić information content (AvgIpc) is 3.22. The summed E-state index contributed by atoms with van der Waals surface area (Å²) in [5.41, 5.74) is 5.68. The molecule has 1 heterocycles. The number of unbranched alkanes of at least 4 members (excludes halogenated alkanes) is 3. The Morgan fingerprint density at radius 1 is 0.893 bits per heavy atom. The normalized spacial score (nSPS) is 21.0. The van der Waals surface area contributed by atoms with Crippen molar-refractivity contribution in [3.05, 3.63) is 46.5 Å². The highest BCUT2D eigenvalue weighted by atomic mass is 16.2. The third-order valence-corrected chi connectivity index (χ3v) is 6.43. The molecule has 2 amide bonds. The molecule has 2 aliphatic rings. The van der Waals surface area contributed by atoms with E-state index in [1.54, 1.807) is 0 Å². The number of hydrogen-bond acceptors (Lipinski definition) is 2. The first-order chi connectivity index (χ1) is 13.6. The highest BCUT2D eigenvalue weighted by Crippen LogP contribution is 2.46. The lowest BCUT2D eigenvalue weighted by Crippen LogP contribution is -2.36. The maximum absolute atomic E-state index is 12.5. The topological polar surface area (TPSA) is 37.4 Å². The van der Waals surface area contributed by atoms with Crippen LogP contribution in [0.5, 0.6) is 0 Å². The van der Waals surface area contributed by atoms with Crippen molar-refractivity contribution in [2.75, 3.05) is 0 Å². The highest BCUT2D eigenvalue weighted by molar-refractivity contribution is 6.13. The molecule has 3 heteroatoms. The molecule has 0 radical (unpaired) electrons. The number of carbonyl (C=O) groups excluding carboxylic acids is 2. The van der Waals surface area contributed by atoms with Gasteiger partial charge in [-0.2, -0.15) is 0 Å². The summed E-state index contributed by atoms with van der Waals surface area (Å²) in [7, 11) is 0. The molecule has 1 aromatic carbocycles. The predicted octanol–water partition coefficient (Wildman–Crippen LogP) is 5.70. The maximum atomic E-state index is 12.5. The monoisotopic (exact) mass is 381 g/mol. The van der Waals surface area contributed by atoms with E-state index in [0.29, 0.717) is 5.92 Å². The van der Waals surface area contributed by atoms with Gasteiger partial charge in [-0.1, -0.05) is 58.6 Å². The molecular formula is C25H35NO2. The van der Waals surface area contributed by atoms with E-state index in [2.05, 4.69) is 32.9 Å². The zero-order valence-electron chi connectivity index (χ0n) is 17.8. The number of benzene rings is 1. The fraction of sp³-hybridized carbons (Fsp3) is 0.600. The van der Waals surface area contributed by atoms with Gasteiger partial charge in [0.05, 0.1) is 6.04 Å². The second-order valence-electron chi connectivity index (χ2n) is 8.41. The van der Waals surface area contributed by atoms with Crippen molar-refractivity contribution in [1.82, 2.24) is 4.90 Å². The Hall–Kier alpha value is -1.90. The van der Waals surface area contributed by atoms with E-state index in [0.717, 1.165) is 38.5 Å². The lowest BCUT2D eigenvalue weighted by atomic mass is 9.90. The zero-order chi connectivity index (χ0) is 20.1. The average molecular weight is 382 g/mol. The lowest BCUT2D eigenvalue weighted by molar-refractivity contribution is -0.140. The summed E-state index contributed by atoms with van der Waals surface area (Å²) in [6, 6.07) is 4.43. The molecule has 0 saturated carbocycles. The van der Waals surface area contributed by atoms with Crippen LogP contribution in [-0.2, 0) is 28.9 Å². The van der Waals surface area contributed by atoms with Gasteiger partial charge in [-0.15, -0.1) is 0 Å². The maximum Gasteiger partial charge on any atom is 0.254 e. The van der Waals surface area contributed by atoms with Crippen LogP contribution in [0, 0.1) is 5.92 Å². The van der Waals surface area contributed by atoms with Gasteiger partial charge in [0.15, 0.2) is 0 Å². The van der Waals surface area contributed by atoms with Gasteiger partial charge in [-0.05, 0) is 66.7 Å². The standard InChI is InChI=1S/C25H35NO2/c1-4-7-10-18-13-14-21-22(20(18)12-9-6-3)17-19(11-8-5-2)25(21)26-23(27)15-16-24(26)28/h13-16,19,25H,4-12,17H2,1-3H3/t19-,25-/m0/s1. The number of imide groups is 1. The third kappa shape index (κ3) is 4.09. The zero-order valence-corrected chi connectivity index (χ0v) is 17.8. The molecule has 1 aliphatic heterocycles. The summed E-state index contributed by atoms with van der Waals surface area (Å²) < 4.78 is 0. The molecule has 152 valence electrons. The van der Waals surface area contributed by atoms with Crippen LogP contribution in [0.1, 0.15) is 94.0 Å². The van der Waals surface area contributed by atoms with Crippen LogP contribution >= 0.6 is 0 Å². The third-order valence-electron chi connectivity index (χ3n) is 6.43. The van der Waals surface area contributed by atoms with Crippen molar-refractivity contribution in [1.29, 1.82) is 0 Å². The van der Waals surface area contributed by atoms with Crippen LogP contribution in [-0.4, -0.2) is 16.7 Å². The number of amides is 2. The van der Waals surface area contributed by atoms with E-state index in [-0.39, 0.29) is 17.9 Å². The van der Waals surface area contributed by atoms with Crippen molar-refractivity contribution in [2.24, 2.45) is 5.92 Å². The highest BCUT2D eigenvalue weighted by Gasteiger charge is 2.42. The van der Waals surface area contributed by atoms with Crippen molar-refractivity contribution in [2.45, 2.75) is 91.0 Å². The van der Waals surface area contributed by atoms with Gasteiger partial charge in [-0.25, -0.2) is 0 Å². The fourth-order valence-corrected chi connectivity index (χ4v) is 4.93. The first-order valence-electron chi connectivity index (χ1n) is 11.3. The fourth-order valence-electron chi connectivity index (χ4n) is 4.93. The number of nitrogens with zero attached hydrogens (tertiary/aromatic N) is 1.